The maximum Gasteiger partial charge on any atom is 0.343 e. The predicted molar refractivity (Wildman–Crippen MR) is 89.0 cm³/mol. The molecule has 2 aromatic carbocycles. The molecule has 0 saturated carbocycles. The van der Waals surface area contributed by atoms with Crippen LogP contribution in [0.3, 0.4) is 0 Å². The first-order valence-corrected chi connectivity index (χ1v) is 7.60. The van der Waals surface area contributed by atoms with E-state index in [1.165, 1.54) is 24.8 Å². The lowest BCUT2D eigenvalue weighted by molar-refractivity contribution is 0.0735. The summed E-state index contributed by atoms with van der Waals surface area (Å²) in [5.74, 6) is 2.67. The number of terminal acetylenes is 1. The van der Waals surface area contributed by atoms with Gasteiger partial charge in [-0.15, -0.1) is 6.42 Å². The zero-order chi connectivity index (χ0) is 15.8. The second kappa shape index (κ2) is 8.05. The fourth-order valence-corrected chi connectivity index (χ4v) is 2.17. The number of hydrogen-bond donors (Lipinski definition) is 0. The van der Waals surface area contributed by atoms with Crippen LogP contribution in [0.2, 0.25) is 0 Å². The van der Waals surface area contributed by atoms with Crippen LogP contribution in [0.25, 0.3) is 0 Å². The highest BCUT2D eigenvalue weighted by atomic mass is 16.5. The Morgan fingerprint density at radius 3 is 2.32 bits per heavy atom. The van der Waals surface area contributed by atoms with Crippen LogP contribution < -0.4 is 4.74 Å². The van der Waals surface area contributed by atoms with Gasteiger partial charge < -0.3 is 4.74 Å². The number of hydrogen-bond acceptors (Lipinski definition) is 2. The molecule has 0 heterocycles. The van der Waals surface area contributed by atoms with Crippen LogP contribution >= 0.6 is 0 Å². The lowest BCUT2D eigenvalue weighted by Gasteiger charge is -2.06. The smallest absolute Gasteiger partial charge is 0.343 e. The van der Waals surface area contributed by atoms with Gasteiger partial charge in [0.1, 0.15) is 5.75 Å². The number of aryl methyl sites for hydroxylation is 1. The largest absolute Gasteiger partial charge is 0.423 e. The summed E-state index contributed by atoms with van der Waals surface area (Å²) in [4.78, 5) is 12.1. The van der Waals surface area contributed by atoms with Crippen molar-refractivity contribution in [3.63, 3.8) is 0 Å². The van der Waals surface area contributed by atoms with Crippen molar-refractivity contribution in [3.8, 4) is 18.1 Å². The summed E-state index contributed by atoms with van der Waals surface area (Å²) in [7, 11) is 0. The van der Waals surface area contributed by atoms with Gasteiger partial charge in [-0.3, -0.25) is 0 Å². The third-order valence-electron chi connectivity index (χ3n) is 3.49. The molecule has 0 saturated heterocycles. The first-order chi connectivity index (χ1) is 10.7. The monoisotopic (exact) mass is 292 g/mol. The van der Waals surface area contributed by atoms with E-state index in [2.05, 4.69) is 12.8 Å². The lowest BCUT2D eigenvalue weighted by atomic mass is 10.1. The molecule has 0 aliphatic rings. The summed E-state index contributed by atoms with van der Waals surface area (Å²) in [5.41, 5.74) is 2.57. The van der Waals surface area contributed by atoms with E-state index in [1.54, 1.807) is 24.3 Å². The molecule has 0 aliphatic carbocycles. The Kier molecular flexibility index (Phi) is 5.80. The second-order valence-corrected chi connectivity index (χ2v) is 5.21. The Morgan fingerprint density at radius 1 is 1.05 bits per heavy atom. The van der Waals surface area contributed by atoms with E-state index >= 15 is 0 Å². The van der Waals surface area contributed by atoms with Gasteiger partial charge in [0, 0.05) is 5.56 Å². The van der Waals surface area contributed by atoms with E-state index in [1.807, 2.05) is 24.3 Å². The maximum atomic E-state index is 12.1. The molecule has 0 spiro atoms. The number of carbonyl (C=O) groups excluding carboxylic acids is 1. The second-order valence-electron chi connectivity index (χ2n) is 5.21. The fraction of sp³-hybridized carbons (Fsp3) is 0.250. The minimum absolute atomic E-state index is 0.353. The number of rotatable bonds is 6. The number of esters is 1. The summed E-state index contributed by atoms with van der Waals surface area (Å²) in [6, 6.07) is 14.5. The SMILES string of the molecule is C#Cc1ccc(OC(=O)c2ccc(CCCCC)cc2)cc1. The average Bonchev–Trinajstić information content (AvgIpc) is 2.56. The van der Waals surface area contributed by atoms with E-state index in [0.29, 0.717) is 11.3 Å². The number of ether oxygens (including phenoxy) is 1. The van der Waals surface area contributed by atoms with Gasteiger partial charge in [0.15, 0.2) is 0 Å². The molecule has 0 N–H and O–H groups in total. The van der Waals surface area contributed by atoms with Crippen LogP contribution in [-0.4, -0.2) is 5.97 Å². The molecular formula is C20H20O2. The van der Waals surface area contributed by atoms with Crippen LogP contribution in [-0.2, 0) is 6.42 Å². The summed E-state index contributed by atoms with van der Waals surface area (Å²) in [6.45, 7) is 2.19. The van der Waals surface area contributed by atoms with Crippen LogP contribution in [0.15, 0.2) is 48.5 Å². The maximum absolute atomic E-state index is 12.1. The van der Waals surface area contributed by atoms with Crippen molar-refractivity contribution in [2.45, 2.75) is 32.6 Å². The molecule has 0 radical (unpaired) electrons. The third-order valence-corrected chi connectivity index (χ3v) is 3.49. The zero-order valence-electron chi connectivity index (χ0n) is 12.8. The van der Waals surface area contributed by atoms with Crippen LogP contribution in [0.1, 0.15) is 47.7 Å². The normalized spacial score (nSPS) is 10.0. The van der Waals surface area contributed by atoms with Gasteiger partial charge in [0.05, 0.1) is 5.56 Å². The van der Waals surface area contributed by atoms with Crippen molar-refractivity contribution < 1.29 is 9.53 Å². The predicted octanol–water partition coefficient (Wildman–Crippen LogP) is 4.62. The van der Waals surface area contributed by atoms with Crippen LogP contribution in [0.4, 0.5) is 0 Å². The zero-order valence-corrected chi connectivity index (χ0v) is 12.8. The lowest BCUT2D eigenvalue weighted by Crippen LogP contribution is -2.08. The molecule has 0 atom stereocenters. The number of unbranched alkanes of at least 4 members (excludes halogenated alkanes) is 2. The Balaban J connectivity index is 1.95. The van der Waals surface area contributed by atoms with Gasteiger partial charge in [-0.1, -0.05) is 37.8 Å². The molecule has 2 rings (SSSR count). The van der Waals surface area contributed by atoms with E-state index < -0.39 is 0 Å². The van der Waals surface area contributed by atoms with Gasteiger partial charge in [-0.2, -0.15) is 0 Å². The molecule has 2 heteroatoms. The molecule has 22 heavy (non-hydrogen) atoms. The molecule has 2 nitrogen and oxygen atoms in total. The molecule has 0 unspecified atom stereocenters. The topological polar surface area (TPSA) is 26.3 Å². The van der Waals surface area contributed by atoms with E-state index in [0.717, 1.165) is 12.0 Å². The van der Waals surface area contributed by atoms with Gasteiger partial charge >= 0.3 is 5.97 Å². The Hall–Kier alpha value is -2.53. The molecule has 112 valence electrons. The van der Waals surface area contributed by atoms with Crippen molar-refractivity contribution >= 4 is 5.97 Å². The molecule has 0 amide bonds. The Bertz CT molecular complexity index is 646. The Labute approximate surface area is 132 Å². The van der Waals surface area contributed by atoms with Crippen molar-refractivity contribution in [1.29, 1.82) is 0 Å². The number of benzene rings is 2. The van der Waals surface area contributed by atoms with Gasteiger partial charge in [-0.05, 0) is 54.8 Å². The quantitative estimate of drug-likeness (QED) is 0.336. The van der Waals surface area contributed by atoms with Crippen molar-refractivity contribution in [3.05, 3.63) is 65.2 Å². The molecule has 0 fully saturated rings. The molecule has 2 aromatic rings. The summed E-state index contributed by atoms with van der Waals surface area (Å²) in [5, 5.41) is 0. The Morgan fingerprint density at radius 2 is 1.73 bits per heavy atom. The molecule has 0 bridgehead atoms. The van der Waals surface area contributed by atoms with Gasteiger partial charge in [0.2, 0.25) is 0 Å². The highest BCUT2D eigenvalue weighted by Crippen LogP contribution is 2.15. The standard InChI is InChI=1S/C20H20O2/c1-3-5-6-7-17-8-12-18(13-9-17)20(21)22-19-14-10-16(4-2)11-15-19/h2,8-15H,3,5-7H2,1H3. The van der Waals surface area contributed by atoms with E-state index in [-0.39, 0.29) is 5.97 Å². The summed E-state index contributed by atoms with van der Waals surface area (Å²) in [6.07, 6.45) is 9.97. The van der Waals surface area contributed by atoms with E-state index in [9.17, 15) is 4.79 Å². The van der Waals surface area contributed by atoms with Crippen LogP contribution in [0.5, 0.6) is 5.75 Å². The third kappa shape index (κ3) is 4.49. The van der Waals surface area contributed by atoms with Crippen molar-refractivity contribution in [1.82, 2.24) is 0 Å². The first kappa shape index (κ1) is 15.9. The minimum Gasteiger partial charge on any atom is -0.423 e. The highest BCUT2D eigenvalue weighted by Gasteiger charge is 2.08. The fourth-order valence-electron chi connectivity index (χ4n) is 2.17. The average molecular weight is 292 g/mol. The highest BCUT2D eigenvalue weighted by molar-refractivity contribution is 5.91. The number of carbonyl (C=O) groups is 1. The first-order valence-electron chi connectivity index (χ1n) is 7.60. The summed E-state index contributed by atoms with van der Waals surface area (Å²) < 4.78 is 5.33. The molecule has 0 aliphatic heterocycles. The van der Waals surface area contributed by atoms with Gasteiger partial charge in [0.25, 0.3) is 0 Å². The van der Waals surface area contributed by atoms with Crippen LogP contribution in [0, 0.1) is 12.3 Å². The molecule has 0 aromatic heterocycles. The van der Waals surface area contributed by atoms with Crippen molar-refractivity contribution in [2.75, 3.05) is 0 Å². The molecular weight excluding hydrogens is 272 g/mol. The van der Waals surface area contributed by atoms with Crippen molar-refractivity contribution in [2.24, 2.45) is 0 Å². The van der Waals surface area contributed by atoms with E-state index in [4.69, 9.17) is 11.2 Å². The summed E-state index contributed by atoms with van der Waals surface area (Å²) >= 11 is 0. The van der Waals surface area contributed by atoms with Gasteiger partial charge in [-0.25, -0.2) is 4.79 Å². The minimum atomic E-state index is -0.353.